The molecule has 0 saturated carbocycles. The first kappa shape index (κ1) is 24.8. The van der Waals surface area contributed by atoms with E-state index in [0.29, 0.717) is 6.42 Å². The van der Waals surface area contributed by atoms with Gasteiger partial charge in [-0.3, -0.25) is 24.0 Å². The third-order valence-corrected chi connectivity index (χ3v) is 4.36. The van der Waals surface area contributed by atoms with E-state index in [4.69, 9.17) is 26.2 Å². The van der Waals surface area contributed by atoms with Crippen LogP contribution in [0.4, 0.5) is 0 Å². The van der Waals surface area contributed by atoms with Crippen LogP contribution in [0.25, 0.3) is 0 Å². The summed E-state index contributed by atoms with van der Waals surface area (Å²) >= 11 is 0. The van der Waals surface area contributed by atoms with Crippen molar-refractivity contribution in [3.8, 4) is 0 Å². The Labute approximate surface area is 170 Å². The van der Waals surface area contributed by atoms with Crippen LogP contribution in [0.5, 0.6) is 0 Å². The second-order valence-electron chi connectivity index (χ2n) is 6.64. The molecule has 0 aromatic rings. The second-order valence-corrected chi connectivity index (χ2v) is 6.64. The highest BCUT2D eigenvalue weighted by Crippen LogP contribution is 2.20. The van der Waals surface area contributed by atoms with Gasteiger partial charge in [0.25, 0.3) is 0 Å². The summed E-state index contributed by atoms with van der Waals surface area (Å²) in [5, 5.41) is 39.9. The van der Waals surface area contributed by atoms with Crippen molar-refractivity contribution < 1.29 is 49.2 Å². The number of carboxylic acid groups (broad SMARTS) is 3. The number of amides is 3. The van der Waals surface area contributed by atoms with Crippen molar-refractivity contribution in [2.75, 3.05) is 13.2 Å². The Hall–Kier alpha value is -3.26. The highest BCUT2D eigenvalue weighted by Gasteiger charge is 2.40. The van der Waals surface area contributed by atoms with E-state index in [1.807, 2.05) is 0 Å². The predicted molar refractivity (Wildman–Crippen MR) is 95.8 cm³/mol. The monoisotopic (exact) mass is 432 g/mol. The van der Waals surface area contributed by atoms with Crippen LogP contribution >= 0.6 is 0 Å². The summed E-state index contributed by atoms with van der Waals surface area (Å²) in [5.41, 5.74) is 5.35. The van der Waals surface area contributed by atoms with Crippen molar-refractivity contribution in [3.05, 3.63) is 0 Å². The van der Waals surface area contributed by atoms with E-state index in [-0.39, 0.29) is 13.0 Å². The second kappa shape index (κ2) is 11.1. The Morgan fingerprint density at radius 1 is 0.967 bits per heavy atom. The minimum Gasteiger partial charge on any atom is -0.481 e. The summed E-state index contributed by atoms with van der Waals surface area (Å²) in [6.45, 7) is -0.708. The molecular weight excluding hydrogens is 408 g/mol. The van der Waals surface area contributed by atoms with Gasteiger partial charge in [-0.2, -0.15) is 0 Å². The van der Waals surface area contributed by atoms with E-state index in [0.717, 1.165) is 4.90 Å². The van der Waals surface area contributed by atoms with Crippen LogP contribution in [0.3, 0.4) is 0 Å². The topological polar surface area (TPSA) is 237 Å². The van der Waals surface area contributed by atoms with Crippen LogP contribution in [-0.2, 0) is 28.8 Å². The number of carbonyl (C=O) groups is 6. The zero-order valence-electron chi connectivity index (χ0n) is 15.8. The van der Waals surface area contributed by atoms with E-state index < -0.39 is 79.2 Å². The summed E-state index contributed by atoms with van der Waals surface area (Å²) in [6, 6.07) is -5.85. The first-order chi connectivity index (χ1) is 14.0. The molecule has 1 saturated heterocycles. The third-order valence-electron chi connectivity index (χ3n) is 4.36. The molecular formula is C16H24N4O10. The van der Waals surface area contributed by atoms with Gasteiger partial charge in [0.05, 0.1) is 19.4 Å². The van der Waals surface area contributed by atoms with E-state index in [9.17, 15) is 28.8 Å². The fourth-order valence-electron chi connectivity index (χ4n) is 2.88. The number of carbonyl (C=O) groups excluding carboxylic acids is 3. The molecule has 168 valence electrons. The molecule has 1 aliphatic rings. The molecule has 4 atom stereocenters. The lowest BCUT2D eigenvalue weighted by molar-refractivity contribution is -0.149. The van der Waals surface area contributed by atoms with Gasteiger partial charge in [-0.05, 0) is 12.8 Å². The van der Waals surface area contributed by atoms with Crippen LogP contribution in [0, 0.1) is 0 Å². The Morgan fingerprint density at radius 2 is 1.53 bits per heavy atom. The standard InChI is InChI=1S/C16H24N4O10/c17-7(6-21)13(26)18-8(4-11(22)23)15(28)20-3-1-2-10(20)14(27)19-9(16(29)30)5-12(24)25/h7-10,21H,1-6,17H2,(H,18,26)(H,19,27)(H,22,23)(H,24,25)(H,29,30). The lowest BCUT2D eigenvalue weighted by Gasteiger charge is -2.29. The summed E-state index contributed by atoms with van der Waals surface area (Å²) in [7, 11) is 0. The lowest BCUT2D eigenvalue weighted by atomic mass is 10.1. The number of rotatable bonds is 11. The van der Waals surface area contributed by atoms with E-state index >= 15 is 0 Å². The van der Waals surface area contributed by atoms with E-state index in [1.54, 1.807) is 0 Å². The molecule has 0 bridgehead atoms. The quantitative estimate of drug-likeness (QED) is 0.168. The molecule has 0 aromatic heterocycles. The number of carboxylic acids is 3. The molecule has 0 aromatic carbocycles. The van der Waals surface area contributed by atoms with Gasteiger partial charge in [0, 0.05) is 6.54 Å². The van der Waals surface area contributed by atoms with Crippen LogP contribution in [-0.4, -0.2) is 98.3 Å². The normalized spacial score (nSPS) is 18.7. The number of aliphatic hydroxyl groups excluding tert-OH is 1. The Morgan fingerprint density at radius 3 is 2.03 bits per heavy atom. The van der Waals surface area contributed by atoms with Gasteiger partial charge < -0.3 is 41.7 Å². The highest BCUT2D eigenvalue weighted by molar-refractivity contribution is 5.96. The molecule has 8 N–H and O–H groups in total. The van der Waals surface area contributed by atoms with Crippen LogP contribution in [0.2, 0.25) is 0 Å². The van der Waals surface area contributed by atoms with Crippen molar-refractivity contribution in [1.29, 1.82) is 0 Å². The van der Waals surface area contributed by atoms with Crippen LogP contribution in [0.1, 0.15) is 25.7 Å². The number of nitrogens with zero attached hydrogens (tertiary/aromatic N) is 1. The first-order valence-electron chi connectivity index (χ1n) is 8.92. The van der Waals surface area contributed by atoms with E-state index in [1.165, 1.54) is 0 Å². The van der Waals surface area contributed by atoms with Crippen molar-refractivity contribution in [3.63, 3.8) is 0 Å². The van der Waals surface area contributed by atoms with Gasteiger partial charge in [-0.15, -0.1) is 0 Å². The molecule has 14 heteroatoms. The molecule has 1 heterocycles. The maximum atomic E-state index is 12.8. The van der Waals surface area contributed by atoms with Gasteiger partial charge >= 0.3 is 17.9 Å². The summed E-state index contributed by atoms with van der Waals surface area (Å²) in [5.74, 6) is -7.23. The summed E-state index contributed by atoms with van der Waals surface area (Å²) < 4.78 is 0. The van der Waals surface area contributed by atoms with Gasteiger partial charge in [0.1, 0.15) is 24.2 Å². The predicted octanol–water partition coefficient (Wildman–Crippen LogP) is -3.70. The van der Waals surface area contributed by atoms with Crippen molar-refractivity contribution in [2.45, 2.75) is 49.9 Å². The Balaban J connectivity index is 2.96. The van der Waals surface area contributed by atoms with Gasteiger partial charge in [-0.25, -0.2) is 4.79 Å². The Kier molecular flexibility index (Phi) is 9.14. The maximum Gasteiger partial charge on any atom is 0.326 e. The minimum atomic E-state index is -1.72. The average molecular weight is 432 g/mol. The van der Waals surface area contributed by atoms with Crippen molar-refractivity contribution in [1.82, 2.24) is 15.5 Å². The van der Waals surface area contributed by atoms with Crippen molar-refractivity contribution >= 4 is 35.6 Å². The maximum absolute atomic E-state index is 12.8. The zero-order chi connectivity index (χ0) is 23.0. The fraction of sp³-hybridized carbons (Fsp3) is 0.625. The average Bonchev–Trinajstić information content (AvgIpc) is 3.14. The van der Waals surface area contributed by atoms with Crippen molar-refractivity contribution in [2.24, 2.45) is 5.73 Å². The van der Waals surface area contributed by atoms with Gasteiger partial charge in [-0.1, -0.05) is 0 Å². The highest BCUT2D eigenvalue weighted by atomic mass is 16.4. The van der Waals surface area contributed by atoms with Crippen LogP contribution in [0.15, 0.2) is 0 Å². The number of nitrogens with one attached hydrogen (secondary N) is 2. The number of hydrogen-bond donors (Lipinski definition) is 7. The largest absolute Gasteiger partial charge is 0.481 e. The number of hydrogen-bond acceptors (Lipinski definition) is 8. The molecule has 1 aliphatic heterocycles. The molecule has 14 nitrogen and oxygen atoms in total. The number of aliphatic hydroxyl groups is 1. The van der Waals surface area contributed by atoms with Gasteiger partial charge in [0.15, 0.2) is 0 Å². The number of aliphatic carboxylic acids is 3. The molecule has 0 radical (unpaired) electrons. The SMILES string of the molecule is NC(CO)C(=O)NC(CC(=O)O)C(=O)N1CCCC1C(=O)NC(CC(=O)O)C(=O)O. The molecule has 30 heavy (non-hydrogen) atoms. The number of likely N-dealkylation sites (tertiary alicyclic amines) is 1. The summed E-state index contributed by atoms with van der Waals surface area (Å²) in [4.78, 5) is 71.1. The zero-order valence-corrected chi connectivity index (χ0v) is 15.8. The fourth-order valence-corrected chi connectivity index (χ4v) is 2.88. The lowest BCUT2D eigenvalue weighted by Crippen LogP contribution is -2.57. The molecule has 4 unspecified atom stereocenters. The van der Waals surface area contributed by atoms with E-state index in [2.05, 4.69) is 10.6 Å². The molecule has 1 fully saturated rings. The molecule has 0 aliphatic carbocycles. The Bertz CT molecular complexity index is 712. The summed E-state index contributed by atoms with van der Waals surface area (Å²) in [6.07, 6.45) is -1.23. The first-order valence-corrected chi connectivity index (χ1v) is 8.92. The third kappa shape index (κ3) is 6.97. The molecule has 0 spiro atoms. The number of nitrogens with two attached hydrogens (primary N) is 1. The smallest absolute Gasteiger partial charge is 0.326 e. The minimum absolute atomic E-state index is 0.0334. The molecule has 3 amide bonds. The molecule has 1 rings (SSSR count). The van der Waals surface area contributed by atoms with Crippen LogP contribution < -0.4 is 16.4 Å². The van der Waals surface area contributed by atoms with Gasteiger partial charge in [0.2, 0.25) is 17.7 Å².